The summed E-state index contributed by atoms with van der Waals surface area (Å²) in [5.41, 5.74) is 2.73. The lowest BCUT2D eigenvalue weighted by molar-refractivity contribution is -0.0474. The molecule has 0 unspecified atom stereocenters. The zero-order chi connectivity index (χ0) is 14.7. The van der Waals surface area contributed by atoms with Crippen molar-refractivity contribution in [3.8, 4) is 11.1 Å². The van der Waals surface area contributed by atoms with Crippen LogP contribution >= 0.6 is 0 Å². The van der Waals surface area contributed by atoms with Crippen molar-refractivity contribution >= 4 is 0 Å². The van der Waals surface area contributed by atoms with E-state index in [1.54, 1.807) is 7.11 Å². The Balaban J connectivity index is 1.78. The van der Waals surface area contributed by atoms with Gasteiger partial charge in [-0.15, -0.1) is 0 Å². The van der Waals surface area contributed by atoms with E-state index in [0.717, 1.165) is 31.2 Å². The van der Waals surface area contributed by atoms with Crippen LogP contribution in [0, 0.1) is 0 Å². The maximum Gasteiger partial charge on any atom is 0.0898 e. The third-order valence-electron chi connectivity index (χ3n) is 4.62. The predicted molar refractivity (Wildman–Crippen MR) is 85.0 cm³/mol. The molecular weight excluding hydrogens is 260 g/mol. The molecular formula is C19H22O2. The molecule has 0 spiro atoms. The van der Waals surface area contributed by atoms with Gasteiger partial charge >= 0.3 is 0 Å². The molecule has 3 rings (SSSR count). The molecule has 0 radical (unpaired) electrons. The van der Waals surface area contributed by atoms with E-state index >= 15 is 0 Å². The molecule has 0 heterocycles. The second-order valence-electron chi connectivity index (χ2n) is 5.91. The van der Waals surface area contributed by atoms with Gasteiger partial charge < -0.3 is 9.84 Å². The molecule has 1 fully saturated rings. The van der Waals surface area contributed by atoms with E-state index in [4.69, 9.17) is 4.74 Å². The Morgan fingerprint density at radius 1 is 0.905 bits per heavy atom. The summed E-state index contributed by atoms with van der Waals surface area (Å²) in [6.45, 7) is 0. The van der Waals surface area contributed by atoms with Crippen molar-refractivity contribution in [2.75, 3.05) is 7.11 Å². The number of ether oxygens (including phenoxy) is 1. The lowest BCUT2D eigenvalue weighted by Crippen LogP contribution is -2.33. The Labute approximate surface area is 126 Å². The minimum Gasteiger partial charge on any atom is -0.385 e. The van der Waals surface area contributed by atoms with Crippen molar-refractivity contribution in [1.82, 2.24) is 0 Å². The summed E-state index contributed by atoms with van der Waals surface area (Å²) in [5.74, 6) is 0. The normalized spacial score (nSPS) is 25.7. The maximum absolute atomic E-state index is 10.9. The summed E-state index contributed by atoms with van der Waals surface area (Å²) in [5, 5.41) is 10.9. The third-order valence-corrected chi connectivity index (χ3v) is 4.62. The van der Waals surface area contributed by atoms with Gasteiger partial charge in [-0.2, -0.15) is 0 Å². The second-order valence-corrected chi connectivity index (χ2v) is 5.91. The van der Waals surface area contributed by atoms with Crippen molar-refractivity contribution in [3.05, 3.63) is 60.2 Å². The highest BCUT2D eigenvalue weighted by atomic mass is 16.5. The number of benzene rings is 2. The SMILES string of the molecule is COC1CCC(O)(c2ccc(-c3ccccc3)cc2)CC1. The quantitative estimate of drug-likeness (QED) is 0.917. The van der Waals surface area contributed by atoms with E-state index < -0.39 is 5.60 Å². The minimum absolute atomic E-state index is 0.300. The molecule has 1 N–H and O–H groups in total. The first-order valence-corrected chi connectivity index (χ1v) is 7.62. The van der Waals surface area contributed by atoms with Gasteiger partial charge in [-0.25, -0.2) is 0 Å². The van der Waals surface area contributed by atoms with Crippen LogP contribution in [-0.2, 0) is 10.3 Å². The van der Waals surface area contributed by atoms with Gasteiger partial charge in [0.1, 0.15) is 0 Å². The van der Waals surface area contributed by atoms with Crippen LogP contribution in [0.4, 0.5) is 0 Å². The smallest absolute Gasteiger partial charge is 0.0898 e. The van der Waals surface area contributed by atoms with Crippen molar-refractivity contribution in [2.24, 2.45) is 0 Å². The Bertz CT molecular complexity index is 566. The third kappa shape index (κ3) is 3.02. The van der Waals surface area contributed by atoms with Crippen molar-refractivity contribution in [1.29, 1.82) is 0 Å². The summed E-state index contributed by atoms with van der Waals surface area (Å²) in [6.07, 6.45) is 3.70. The summed E-state index contributed by atoms with van der Waals surface area (Å²) >= 11 is 0. The molecule has 0 bridgehead atoms. The first kappa shape index (κ1) is 14.3. The van der Waals surface area contributed by atoms with Gasteiger partial charge in [-0.1, -0.05) is 54.6 Å². The highest BCUT2D eigenvalue weighted by molar-refractivity contribution is 5.63. The van der Waals surface area contributed by atoms with E-state index in [2.05, 4.69) is 36.4 Å². The number of rotatable bonds is 3. The maximum atomic E-state index is 10.9. The van der Waals surface area contributed by atoms with Gasteiger partial charge in [0.25, 0.3) is 0 Å². The molecule has 1 saturated carbocycles. The van der Waals surface area contributed by atoms with E-state index in [1.807, 2.05) is 18.2 Å². The molecule has 2 aromatic rings. The Hall–Kier alpha value is -1.64. The fourth-order valence-electron chi connectivity index (χ4n) is 3.20. The first-order valence-electron chi connectivity index (χ1n) is 7.62. The highest BCUT2D eigenvalue weighted by Gasteiger charge is 2.34. The fraction of sp³-hybridized carbons (Fsp3) is 0.368. The fourth-order valence-corrected chi connectivity index (χ4v) is 3.20. The molecule has 0 atom stereocenters. The number of hydrogen-bond donors (Lipinski definition) is 1. The Morgan fingerprint density at radius 3 is 2.05 bits per heavy atom. The van der Waals surface area contributed by atoms with Gasteiger partial charge in [0.15, 0.2) is 0 Å². The molecule has 2 aromatic carbocycles. The second kappa shape index (κ2) is 6.00. The predicted octanol–water partition coefficient (Wildman–Crippen LogP) is 4.13. The van der Waals surface area contributed by atoms with Crippen LogP contribution in [0.1, 0.15) is 31.2 Å². The average molecular weight is 282 g/mol. The van der Waals surface area contributed by atoms with Crippen molar-refractivity contribution in [2.45, 2.75) is 37.4 Å². The van der Waals surface area contributed by atoms with Crippen LogP contribution < -0.4 is 0 Å². The van der Waals surface area contributed by atoms with Crippen LogP contribution in [0.15, 0.2) is 54.6 Å². The van der Waals surface area contributed by atoms with Crippen LogP contribution in [0.3, 0.4) is 0 Å². The van der Waals surface area contributed by atoms with E-state index in [0.29, 0.717) is 6.10 Å². The summed E-state index contributed by atoms with van der Waals surface area (Å²) < 4.78 is 5.39. The summed E-state index contributed by atoms with van der Waals surface area (Å²) in [7, 11) is 1.75. The molecule has 110 valence electrons. The van der Waals surface area contributed by atoms with E-state index in [9.17, 15) is 5.11 Å². The lowest BCUT2D eigenvalue weighted by atomic mass is 9.78. The van der Waals surface area contributed by atoms with Gasteiger partial charge in [0.2, 0.25) is 0 Å². The standard InChI is InChI=1S/C19H22O2/c1-21-18-11-13-19(20,14-12-18)17-9-7-16(8-10-17)15-5-3-2-4-6-15/h2-10,18,20H,11-14H2,1H3. The van der Waals surface area contributed by atoms with Gasteiger partial charge in [-0.3, -0.25) is 0 Å². The van der Waals surface area contributed by atoms with Gasteiger partial charge in [0.05, 0.1) is 11.7 Å². The summed E-state index contributed by atoms with van der Waals surface area (Å²) in [6, 6.07) is 18.7. The molecule has 0 aliphatic heterocycles. The zero-order valence-corrected chi connectivity index (χ0v) is 12.5. The van der Waals surface area contributed by atoms with Crippen molar-refractivity contribution in [3.63, 3.8) is 0 Å². The molecule has 2 heteroatoms. The highest BCUT2D eigenvalue weighted by Crippen LogP contribution is 2.38. The average Bonchev–Trinajstić information content (AvgIpc) is 2.57. The molecule has 21 heavy (non-hydrogen) atoms. The lowest BCUT2D eigenvalue weighted by Gasteiger charge is -2.36. The Morgan fingerprint density at radius 2 is 1.48 bits per heavy atom. The molecule has 2 nitrogen and oxygen atoms in total. The van der Waals surface area contributed by atoms with Crippen LogP contribution in [0.2, 0.25) is 0 Å². The molecule has 1 aliphatic rings. The molecule has 0 amide bonds. The number of hydrogen-bond acceptors (Lipinski definition) is 2. The zero-order valence-electron chi connectivity index (χ0n) is 12.5. The largest absolute Gasteiger partial charge is 0.385 e. The molecule has 0 aromatic heterocycles. The Kier molecular flexibility index (Phi) is 4.09. The van der Waals surface area contributed by atoms with Gasteiger partial charge in [-0.05, 0) is 42.4 Å². The number of aliphatic hydroxyl groups is 1. The molecule has 1 aliphatic carbocycles. The minimum atomic E-state index is -0.690. The summed E-state index contributed by atoms with van der Waals surface area (Å²) in [4.78, 5) is 0. The monoisotopic (exact) mass is 282 g/mol. The van der Waals surface area contributed by atoms with Gasteiger partial charge in [0, 0.05) is 7.11 Å². The van der Waals surface area contributed by atoms with Crippen LogP contribution in [0.5, 0.6) is 0 Å². The van der Waals surface area contributed by atoms with Crippen LogP contribution in [0.25, 0.3) is 11.1 Å². The van der Waals surface area contributed by atoms with E-state index in [-0.39, 0.29) is 0 Å². The topological polar surface area (TPSA) is 29.5 Å². The molecule has 0 saturated heterocycles. The first-order chi connectivity index (χ1) is 10.2. The van der Waals surface area contributed by atoms with Crippen LogP contribution in [-0.4, -0.2) is 18.3 Å². The van der Waals surface area contributed by atoms with E-state index in [1.165, 1.54) is 11.1 Å². The van der Waals surface area contributed by atoms with Crippen molar-refractivity contribution < 1.29 is 9.84 Å². The number of methoxy groups -OCH3 is 1.